The van der Waals surface area contributed by atoms with Gasteiger partial charge in [0.1, 0.15) is 5.78 Å². The van der Waals surface area contributed by atoms with Crippen molar-refractivity contribution in [3.63, 3.8) is 0 Å². The summed E-state index contributed by atoms with van der Waals surface area (Å²) in [6, 6.07) is 2.00. The Morgan fingerprint density at radius 1 is 1.36 bits per heavy atom. The van der Waals surface area contributed by atoms with E-state index in [9.17, 15) is 4.79 Å². The highest BCUT2D eigenvalue weighted by Gasteiger charge is 2.17. The van der Waals surface area contributed by atoms with Gasteiger partial charge in [0.05, 0.1) is 6.20 Å². The average molecular weight is 191 g/mol. The number of hydrogen-bond acceptors (Lipinski definition) is 4. The molecule has 4 heteroatoms. The maximum atomic E-state index is 11.0. The molecule has 0 N–H and O–H groups in total. The van der Waals surface area contributed by atoms with Crippen LogP contribution in [0.15, 0.2) is 12.3 Å². The summed E-state index contributed by atoms with van der Waals surface area (Å²) in [5, 5.41) is 7.95. The maximum Gasteiger partial charge on any atom is 0.151 e. The lowest BCUT2D eigenvalue weighted by Crippen LogP contribution is -2.34. The van der Waals surface area contributed by atoms with Gasteiger partial charge < -0.3 is 4.90 Å². The zero-order chi connectivity index (χ0) is 9.97. The van der Waals surface area contributed by atoms with Crippen molar-refractivity contribution in [1.82, 2.24) is 10.2 Å². The molecule has 1 saturated heterocycles. The number of piperidine rings is 1. The predicted molar refractivity (Wildman–Crippen MR) is 53.2 cm³/mol. The topological polar surface area (TPSA) is 46.1 Å². The number of aryl methyl sites for hydroxylation is 1. The number of carbonyl (C=O) groups is 1. The first kappa shape index (κ1) is 9.12. The van der Waals surface area contributed by atoms with E-state index in [-0.39, 0.29) is 0 Å². The molecule has 2 heterocycles. The van der Waals surface area contributed by atoms with Crippen LogP contribution in [-0.4, -0.2) is 29.1 Å². The Balaban J connectivity index is 2.12. The minimum Gasteiger partial charge on any atom is -0.354 e. The Labute approximate surface area is 82.9 Å². The van der Waals surface area contributed by atoms with Gasteiger partial charge in [0.25, 0.3) is 0 Å². The second-order valence-electron chi connectivity index (χ2n) is 3.62. The molecule has 4 nitrogen and oxygen atoms in total. The summed E-state index contributed by atoms with van der Waals surface area (Å²) in [7, 11) is 0. The molecule has 0 bridgehead atoms. The zero-order valence-electron chi connectivity index (χ0n) is 8.23. The lowest BCUT2D eigenvalue weighted by molar-refractivity contribution is -0.119. The second kappa shape index (κ2) is 3.74. The van der Waals surface area contributed by atoms with E-state index in [0.29, 0.717) is 18.6 Å². The monoisotopic (exact) mass is 191 g/mol. The van der Waals surface area contributed by atoms with Crippen LogP contribution >= 0.6 is 0 Å². The molecular weight excluding hydrogens is 178 g/mol. The molecule has 1 fully saturated rings. The van der Waals surface area contributed by atoms with E-state index in [0.717, 1.165) is 24.5 Å². The van der Waals surface area contributed by atoms with Crippen LogP contribution in [0.3, 0.4) is 0 Å². The van der Waals surface area contributed by atoms with Gasteiger partial charge in [-0.1, -0.05) is 0 Å². The van der Waals surface area contributed by atoms with Crippen LogP contribution in [0.4, 0.5) is 5.82 Å². The van der Waals surface area contributed by atoms with E-state index in [4.69, 9.17) is 0 Å². The third-order valence-electron chi connectivity index (χ3n) is 2.42. The average Bonchev–Trinajstić information content (AvgIpc) is 2.19. The minimum atomic E-state index is 0.349. The fourth-order valence-electron chi connectivity index (χ4n) is 1.59. The van der Waals surface area contributed by atoms with Crippen LogP contribution in [-0.2, 0) is 4.79 Å². The van der Waals surface area contributed by atoms with Crippen molar-refractivity contribution in [2.24, 2.45) is 0 Å². The summed E-state index contributed by atoms with van der Waals surface area (Å²) in [6.07, 6.45) is 3.00. The predicted octanol–water partition coefficient (Wildman–Crippen LogP) is 0.954. The van der Waals surface area contributed by atoms with Crippen LogP contribution in [0.2, 0.25) is 0 Å². The first-order chi connectivity index (χ1) is 6.75. The molecule has 0 amide bonds. The number of anilines is 1. The molecule has 1 aliphatic rings. The molecule has 0 unspecified atom stereocenters. The summed E-state index contributed by atoms with van der Waals surface area (Å²) in [5.74, 6) is 1.24. The summed E-state index contributed by atoms with van der Waals surface area (Å²) in [5.41, 5.74) is 1.10. The van der Waals surface area contributed by atoms with E-state index >= 15 is 0 Å². The fraction of sp³-hybridized carbons (Fsp3) is 0.500. The quantitative estimate of drug-likeness (QED) is 0.663. The highest BCUT2D eigenvalue weighted by molar-refractivity contribution is 5.80. The second-order valence-corrected chi connectivity index (χ2v) is 3.62. The molecule has 1 aromatic rings. The molecule has 0 spiro atoms. The molecule has 2 rings (SSSR count). The molecule has 0 aromatic carbocycles. The summed E-state index contributed by atoms with van der Waals surface area (Å²) >= 11 is 0. The van der Waals surface area contributed by atoms with Gasteiger partial charge in [-0.25, -0.2) is 0 Å². The molecule has 74 valence electrons. The number of ketones is 1. The molecule has 0 aliphatic carbocycles. The molecule has 14 heavy (non-hydrogen) atoms. The fourth-order valence-corrected chi connectivity index (χ4v) is 1.59. The van der Waals surface area contributed by atoms with Crippen LogP contribution in [0.25, 0.3) is 0 Å². The zero-order valence-corrected chi connectivity index (χ0v) is 8.23. The summed E-state index contributed by atoms with van der Waals surface area (Å²) in [4.78, 5) is 13.2. The Morgan fingerprint density at radius 2 is 2.07 bits per heavy atom. The van der Waals surface area contributed by atoms with E-state index in [2.05, 4.69) is 15.1 Å². The summed E-state index contributed by atoms with van der Waals surface area (Å²) < 4.78 is 0. The Kier molecular flexibility index (Phi) is 2.43. The van der Waals surface area contributed by atoms with E-state index in [1.807, 2.05) is 13.0 Å². The van der Waals surface area contributed by atoms with Crippen LogP contribution < -0.4 is 4.90 Å². The van der Waals surface area contributed by atoms with Crippen molar-refractivity contribution in [3.05, 3.63) is 17.8 Å². The molecular formula is C10H13N3O. The Morgan fingerprint density at radius 3 is 2.71 bits per heavy atom. The number of rotatable bonds is 1. The van der Waals surface area contributed by atoms with Gasteiger partial charge in [-0.2, -0.15) is 5.10 Å². The van der Waals surface area contributed by atoms with Crippen molar-refractivity contribution in [2.45, 2.75) is 19.8 Å². The van der Waals surface area contributed by atoms with Crippen molar-refractivity contribution >= 4 is 11.6 Å². The first-order valence-electron chi connectivity index (χ1n) is 4.82. The largest absolute Gasteiger partial charge is 0.354 e. The van der Waals surface area contributed by atoms with Crippen molar-refractivity contribution in [1.29, 1.82) is 0 Å². The smallest absolute Gasteiger partial charge is 0.151 e. The van der Waals surface area contributed by atoms with Crippen molar-refractivity contribution in [3.8, 4) is 0 Å². The van der Waals surface area contributed by atoms with Gasteiger partial charge >= 0.3 is 0 Å². The highest BCUT2D eigenvalue weighted by atomic mass is 16.1. The van der Waals surface area contributed by atoms with Gasteiger partial charge in [-0.3, -0.25) is 4.79 Å². The number of carbonyl (C=O) groups excluding carboxylic acids is 1. The van der Waals surface area contributed by atoms with Gasteiger partial charge in [0, 0.05) is 25.9 Å². The first-order valence-corrected chi connectivity index (χ1v) is 4.82. The number of Topliss-reactive ketones (excluding diaryl/α,β-unsaturated/α-hetero) is 1. The Hall–Kier alpha value is -1.45. The van der Waals surface area contributed by atoms with Crippen LogP contribution in [0.5, 0.6) is 0 Å². The van der Waals surface area contributed by atoms with E-state index in [1.165, 1.54) is 0 Å². The van der Waals surface area contributed by atoms with Crippen LogP contribution in [0, 0.1) is 6.92 Å². The SMILES string of the molecule is Cc1cnnc(N2CCC(=O)CC2)c1. The molecule has 1 aliphatic heterocycles. The van der Waals surface area contributed by atoms with Gasteiger partial charge in [0.2, 0.25) is 0 Å². The normalized spacial score (nSPS) is 17.2. The standard InChI is InChI=1S/C10H13N3O/c1-8-6-10(12-11-7-8)13-4-2-9(14)3-5-13/h6-7H,2-5H2,1H3. The maximum absolute atomic E-state index is 11.0. The number of aromatic nitrogens is 2. The van der Waals surface area contributed by atoms with E-state index in [1.54, 1.807) is 6.20 Å². The van der Waals surface area contributed by atoms with Crippen molar-refractivity contribution < 1.29 is 4.79 Å². The van der Waals surface area contributed by atoms with Gasteiger partial charge in [-0.05, 0) is 18.6 Å². The number of nitrogens with zero attached hydrogens (tertiary/aromatic N) is 3. The molecule has 0 atom stereocenters. The molecule has 1 aromatic heterocycles. The van der Waals surface area contributed by atoms with Gasteiger partial charge in [0.15, 0.2) is 5.82 Å². The van der Waals surface area contributed by atoms with E-state index < -0.39 is 0 Å². The number of hydrogen-bond donors (Lipinski definition) is 0. The van der Waals surface area contributed by atoms with Gasteiger partial charge in [-0.15, -0.1) is 5.10 Å². The van der Waals surface area contributed by atoms with Crippen molar-refractivity contribution in [2.75, 3.05) is 18.0 Å². The lowest BCUT2D eigenvalue weighted by Gasteiger charge is -2.26. The lowest BCUT2D eigenvalue weighted by atomic mass is 10.1. The van der Waals surface area contributed by atoms with Crippen LogP contribution in [0.1, 0.15) is 18.4 Å². The Bertz CT molecular complexity index is 341. The summed E-state index contributed by atoms with van der Waals surface area (Å²) in [6.45, 7) is 3.54. The highest BCUT2D eigenvalue weighted by Crippen LogP contribution is 2.15. The third kappa shape index (κ3) is 1.89. The third-order valence-corrected chi connectivity index (χ3v) is 2.42. The molecule has 0 radical (unpaired) electrons. The molecule has 0 saturated carbocycles. The minimum absolute atomic E-state index is 0.349.